The molecule has 1 fully saturated rings. The first kappa shape index (κ1) is 20.2. The highest BCUT2D eigenvalue weighted by Gasteiger charge is 2.67. The zero-order chi connectivity index (χ0) is 21.7. The Morgan fingerprint density at radius 1 is 1.30 bits per heavy atom. The van der Waals surface area contributed by atoms with Gasteiger partial charge < -0.3 is 10.4 Å². The van der Waals surface area contributed by atoms with Crippen LogP contribution in [-0.2, 0) is 15.3 Å². The van der Waals surface area contributed by atoms with Gasteiger partial charge in [0, 0.05) is 6.42 Å². The van der Waals surface area contributed by atoms with Crippen molar-refractivity contribution in [2.24, 2.45) is 5.92 Å². The normalized spacial score (nSPS) is 21.6. The standard InChI is InChI=1S/C19H19F3N4O4/c20-19(21,22)18(25-13(27)9-8-10-4-1-2-5-10)16(30)24-17-23-14-11(15(28)29)6-3-7-12(14)26(17)18/h3,6-7,10H,1-2,4-5,8-9H2,(H,25,27)(H,28,29)(H,23,24,30). The second kappa shape index (κ2) is 6.99. The van der Waals surface area contributed by atoms with E-state index in [1.807, 2.05) is 10.6 Å². The third-order valence-electron chi connectivity index (χ3n) is 5.79. The van der Waals surface area contributed by atoms with Crippen LogP contribution in [-0.4, -0.2) is 38.6 Å². The topological polar surface area (TPSA) is 113 Å². The van der Waals surface area contributed by atoms with E-state index in [0.717, 1.165) is 25.7 Å². The van der Waals surface area contributed by atoms with Crippen LogP contribution in [0.1, 0.15) is 48.9 Å². The molecule has 11 heteroatoms. The minimum atomic E-state index is -5.20. The summed E-state index contributed by atoms with van der Waals surface area (Å²) in [5, 5.41) is 13.2. The molecule has 2 amide bonds. The van der Waals surface area contributed by atoms with Crippen molar-refractivity contribution in [3.63, 3.8) is 0 Å². The number of fused-ring (bicyclic) bond motifs is 3. The quantitative estimate of drug-likeness (QED) is 0.683. The van der Waals surface area contributed by atoms with Crippen LogP contribution >= 0.6 is 0 Å². The van der Waals surface area contributed by atoms with Crippen LogP contribution in [0.15, 0.2) is 18.2 Å². The van der Waals surface area contributed by atoms with Gasteiger partial charge in [-0.1, -0.05) is 31.7 Å². The molecule has 3 N–H and O–H groups in total. The number of carbonyl (C=O) groups excluding carboxylic acids is 2. The SMILES string of the molecule is O=C(CCC1CCCC1)NC1(C(F)(F)F)C(=O)Nc2nc3c(C(=O)O)cccc3n21. The smallest absolute Gasteiger partial charge is 0.440 e. The van der Waals surface area contributed by atoms with Gasteiger partial charge in [-0.25, -0.2) is 9.78 Å². The summed E-state index contributed by atoms with van der Waals surface area (Å²) in [5.41, 5.74) is -4.15. The largest absolute Gasteiger partial charge is 0.478 e. The van der Waals surface area contributed by atoms with Crippen molar-refractivity contribution in [2.45, 2.75) is 50.4 Å². The lowest BCUT2D eigenvalue weighted by Crippen LogP contribution is -2.63. The van der Waals surface area contributed by atoms with E-state index in [0.29, 0.717) is 11.0 Å². The lowest BCUT2D eigenvalue weighted by molar-refractivity contribution is -0.217. The number of amides is 2. The van der Waals surface area contributed by atoms with Crippen LogP contribution in [0.4, 0.5) is 19.1 Å². The maximum absolute atomic E-state index is 14.3. The molecule has 2 aromatic rings. The van der Waals surface area contributed by atoms with Crippen molar-refractivity contribution < 1.29 is 32.7 Å². The molecule has 1 aromatic heterocycles. The van der Waals surface area contributed by atoms with Gasteiger partial charge in [-0.2, -0.15) is 13.2 Å². The van der Waals surface area contributed by atoms with Crippen molar-refractivity contribution in [3.8, 4) is 0 Å². The Kier molecular flexibility index (Phi) is 4.70. The van der Waals surface area contributed by atoms with Gasteiger partial charge in [-0.3, -0.25) is 19.5 Å². The fraction of sp³-hybridized carbons (Fsp3) is 0.474. The third-order valence-corrected chi connectivity index (χ3v) is 5.79. The number of nitrogens with zero attached hydrogens (tertiary/aromatic N) is 2. The summed E-state index contributed by atoms with van der Waals surface area (Å²) < 4.78 is 43.3. The number of hydrogen-bond donors (Lipinski definition) is 3. The number of carboxylic acids is 1. The fourth-order valence-electron chi connectivity index (χ4n) is 4.33. The summed E-state index contributed by atoms with van der Waals surface area (Å²) in [6, 6.07) is 3.68. The van der Waals surface area contributed by atoms with Crippen LogP contribution in [0.5, 0.6) is 0 Å². The van der Waals surface area contributed by atoms with Crippen molar-refractivity contribution in [1.82, 2.24) is 14.9 Å². The Morgan fingerprint density at radius 3 is 2.63 bits per heavy atom. The van der Waals surface area contributed by atoms with Crippen LogP contribution < -0.4 is 10.6 Å². The minimum Gasteiger partial charge on any atom is -0.478 e. The molecule has 4 rings (SSSR count). The van der Waals surface area contributed by atoms with Crippen LogP contribution in [0.3, 0.4) is 0 Å². The summed E-state index contributed by atoms with van der Waals surface area (Å²) in [5.74, 6) is -3.95. The molecule has 160 valence electrons. The lowest BCUT2D eigenvalue weighted by Gasteiger charge is -2.32. The molecule has 1 aliphatic carbocycles. The number of aromatic carboxylic acids is 1. The van der Waals surface area contributed by atoms with Gasteiger partial charge in [0.15, 0.2) is 0 Å². The van der Waals surface area contributed by atoms with E-state index in [9.17, 15) is 32.7 Å². The Hall–Kier alpha value is -3.11. The number of para-hydroxylation sites is 1. The van der Waals surface area contributed by atoms with Crippen LogP contribution in [0.2, 0.25) is 0 Å². The maximum Gasteiger partial charge on any atom is 0.440 e. The van der Waals surface area contributed by atoms with Crippen LogP contribution in [0.25, 0.3) is 11.0 Å². The monoisotopic (exact) mass is 424 g/mol. The van der Waals surface area contributed by atoms with E-state index in [2.05, 4.69) is 4.98 Å². The first-order chi connectivity index (χ1) is 14.1. The molecule has 0 saturated heterocycles. The summed E-state index contributed by atoms with van der Waals surface area (Å²) in [6.45, 7) is 0. The van der Waals surface area contributed by atoms with E-state index in [1.165, 1.54) is 18.2 Å². The van der Waals surface area contributed by atoms with E-state index in [4.69, 9.17) is 0 Å². The van der Waals surface area contributed by atoms with Gasteiger partial charge in [0.1, 0.15) is 5.52 Å². The van der Waals surface area contributed by atoms with Gasteiger partial charge in [-0.15, -0.1) is 0 Å². The van der Waals surface area contributed by atoms with E-state index in [-0.39, 0.29) is 28.9 Å². The highest BCUT2D eigenvalue weighted by atomic mass is 19.4. The average Bonchev–Trinajstić information content (AvgIpc) is 3.35. The number of anilines is 1. The second-order valence-electron chi connectivity index (χ2n) is 7.65. The van der Waals surface area contributed by atoms with Gasteiger partial charge in [0.25, 0.3) is 11.6 Å². The minimum absolute atomic E-state index is 0.141. The van der Waals surface area contributed by atoms with Crippen molar-refractivity contribution in [2.75, 3.05) is 5.32 Å². The molecule has 0 bridgehead atoms. The number of halogens is 3. The number of carbonyl (C=O) groups is 3. The molecule has 2 aliphatic rings. The summed E-state index contributed by atoms with van der Waals surface area (Å²) >= 11 is 0. The number of nitrogens with one attached hydrogen (secondary N) is 2. The maximum atomic E-state index is 14.3. The Bertz CT molecular complexity index is 1040. The first-order valence-electron chi connectivity index (χ1n) is 9.59. The molecule has 0 radical (unpaired) electrons. The summed E-state index contributed by atoms with van der Waals surface area (Å²) in [6.07, 6.45) is -0.938. The molecule has 1 aliphatic heterocycles. The molecule has 1 atom stereocenters. The molecular formula is C19H19F3N4O4. The highest BCUT2D eigenvalue weighted by molar-refractivity contribution is 6.08. The zero-order valence-corrected chi connectivity index (χ0v) is 15.8. The summed E-state index contributed by atoms with van der Waals surface area (Å²) in [7, 11) is 0. The predicted molar refractivity (Wildman–Crippen MR) is 98.7 cm³/mol. The number of imidazole rings is 1. The van der Waals surface area contributed by atoms with Gasteiger partial charge >= 0.3 is 12.1 Å². The van der Waals surface area contributed by atoms with Crippen molar-refractivity contribution in [1.29, 1.82) is 0 Å². The fourth-order valence-corrected chi connectivity index (χ4v) is 4.33. The number of rotatable bonds is 5. The Labute approximate surface area is 168 Å². The average molecular weight is 424 g/mol. The lowest BCUT2D eigenvalue weighted by atomic mass is 10.0. The molecule has 1 unspecified atom stereocenters. The molecular weight excluding hydrogens is 405 g/mol. The third kappa shape index (κ3) is 2.99. The number of carboxylic acid groups (broad SMARTS) is 1. The van der Waals surface area contributed by atoms with Gasteiger partial charge in [0.2, 0.25) is 11.9 Å². The molecule has 1 aromatic carbocycles. The van der Waals surface area contributed by atoms with Gasteiger partial charge in [-0.05, 0) is 24.5 Å². The Balaban J connectivity index is 1.76. The Morgan fingerprint density at radius 2 is 2.00 bits per heavy atom. The second-order valence-corrected chi connectivity index (χ2v) is 7.65. The zero-order valence-electron chi connectivity index (χ0n) is 15.8. The van der Waals surface area contributed by atoms with Crippen molar-refractivity contribution >= 4 is 34.8 Å². The number of alkyl halides is 3. The first-order valence-corrected chi connectivity index (χ1v) is 9.59. The number of benzene rings is 1. The number of aromatic nitrogens is 2. The number of hydrogen-bond acceptors (Lipinski definition) is 4. The molecule has 30 heavy (non-hydrogen) atoms. The van der Waals surface area contributed by atoms with Crippen LogP contribution in [0, 0.1) is 5.92 Å². The van der Waals surface area contributed by atoms with Gasteiger partial charge in [0.05, 0.1) is 11.1 Å². The summed E-state index contributed by atoms with van der Waals surface area (Å²) in [4.78, 5) is 40.3. The van der Waals surface area contributed by atoms with E-state index >= 15 is 0 Å². The highest BCUT2D eigenvalue weighted by Crippen LogP contribution is 2.44. The molecule has 2 heterocycles. The van der Waals surface area contributed by atoms with E-state index < -0.39 is 35.6 Å². The molecule has 8 nitrogen and oxygen atoms in total. The predicted octanol–water partition coefficient (Wildman–Crippen LogP) is 2.99. The van der Waals surface area contributed by atoms with E-state index in [1.54, 1.807) is 0 Å². The van der Waals surface area contributed by atoms with Crippen molar-refractivity contribution in [3.05, 3.63) is 23.8 Å². The molecule has 0 spiro atoms. The molecule has 1 saturated carbocycles.